The maximum Gasteiger partial charge on any atom is 0.00418 e. The van der Waals surface area contributed by atoms with Crippen molar-refractivity contribution >= 4 is 0 Å². The van der Waals surface area contributed by atoms with Gasteiger partial charge in [-0.05, 0) is 51.1 Å². The Morgan fingerprint density at radius 1 is 1.20 bits per heavy atom. The zero-order chi connectivity index (χ0) is 14.2. The Kier molecular flexibility index (Phi) is 6.59. The Balaban J connectivity index is 1.59. The zero-order valence-corrected chi connectivity index (χ0v) is 13.3. The first-order valence-electron chi connectivity index (χ1n) is 8.53. The molecule has 1 aliphatic carbocycles. The van der Waals surface area contributed by atoms with Gasteiger partial charge in [0.15, 0.2) is 0 Å². The van der Waals surface area contributed by atoms with E-state index >= 15 is 0 Å². The highest BCUT2D eigenvalue weighted by molar-refractivity contribution is 5.22. The van der Waals surface area contributed by atoms with E-state index in [0.29, 0.717) is 6.04 Å². The lowest BCUT2D eigenvalue weighted by Gasteiger charge is -2.22. The summed E-state index contributed by atoms with van der Waals surface area (Å²) in [5.41, 5.74) is 2.85. The molecule has 20 heavy (non-hydrogen) atoms. The Labute approximate surface area is 125 Å². The van der Waals surface area contributed by atoms with E-state index in [1.54, 1.807) is 0 Å². The maximum absolute atomic E-state index is 3.71. The van der Waals surface area contributed by atoms with E-state index in [1.165, 1.54) is 69.0 Å². The first-order valence-corrected chi connectivity index (χ1v) is 8.53. The van der Waals surface area contributed by atoms with Crippen molar-refractivity contribution in [3.63, 3.8) is 0 Å². The summed E-state index contributed by atoms with van der Waals surface area (Å²) in [5.74, 6) is 1.00. The summed E-state index contributed by atoms with van der Waals surface area (Å²) in [5, 5.41) is 3.71. The normalized spacial score (nSPS) is 18.1. The molecule has 0 spiro atoms. The molecule has 0 saturated heterocycles. The molecule has 1 nitrogen and oxygen atoms in total. The fourth-order valence-electron chi connectivity index (χ4n) is 3.36. The van der Waals surface area contributed by atoms with Crippen molar-refractivity contribution in [3.05, 3.63) is 35.4 Å². The number of nitrogens with one attached hydrogen (secondary N) is 1. The van der Waals surface area contributed by atoms with Gasteiger partial charge in [-0.2, -0.15) is 0 Å². The molecule has 0 heterocycles. The lowest BCUT2D eigenvalue weighted by atomic mass is 9.87. The SMILES string of the molecule is Cc1cccc(CCC(C)NCCC2CCCCC2)c1. The molecule has 0 bridgehead atoms. The Bertz CT molecular complexity index is 379. The van der Waals surface area contributed by atoms with Gasteiger partial charge in [0.2, 0.25) is 0 Å². The summed E-state index contributed by atoms with van der Waals surface area (Å²) in [7, 11) is 0. The predicted molar refractivity (Wildman–Crippen MR) is 88.2 cm³/mol. The summed E-state index contributed by atoms with van der Waals surface area (Å²) >= 11 is 0. The highest BCUT2D eigenvalue weighted by atomic mass is 14.9. The molecule has 1 fully saturated rings. The van der Waals surface area contributed by atoms with Crippen LogP contribution in [0.5, 0.6) is 0 Å². The van der Waals surface area contributed by atoms with Crippen LogP contribution in [0.15, 0.2) is 24.3 Å². The first kappa shape index (κ1) is 15.6. The van der Waals surface area contributed by atoms with E-state index in [4.69, 9.17) is 0 Å². The molecule has 1 atom stereocenters. The van der Waals surface area contributed by atoms with Gasteiger partial charge in [-0.3, -0.25) is 0 Å². The number of hydrogen-bond donors (Lipinski definition) is 1. The summed E-state index contributed by atoms with van der Waals surface area (Å²) in [4.78, 5) is 0. The van der Waals surface area contributed by atoms with Gasteiger partial charge < -0.3 is 5.32 Å². The number of aryl methyl sites for hydroxylation is 2. The van der Waals surface area contributed by atoms with E-state index in [0.717, 1.165) is 5.92 Å². The first-order chi connectivity index (χ1) is 9.74. The van der Waals surface area contributed by atoms with E-state index < -0.39 is 0 Å². The fourth-order valence-corrected chi connectivity index (χ4v) is 3.36. The Morgan fingerprint density at radius 3 is 2.75 bits per heavy atom. The summed E-state index contributed by atoms with van der Waals surface area (Å²) in [6.07, 6.45) is 11.2. The van der Waals surface area contributed by atoms with Gasteiger partial charge in [-0.1, -0.05) is 61.9 Å². The molecule has 0 radical (unpaired) electrons. The molecule has 1 saturated carbocycles. The van der Waals surface area contributed by atoms with E-state index in [9.17, 15) is 0 Å². The monoisotopic (exact) mass is 273 g/mol. The lowest BCUT2D eigenvalue weighted by Crippen LogP contribution is -2.29. The third-order valence-corrected chi connectivity index (χ3v) is 4.72. The van der Waals surface area contributed by atoms with Crippen LogP contribution in [0, 0.1) is 12.8 Å². The Hall–Kier alpha value is -0.820. The van der Waals surface area contributed by atoms with E-state index in [2.05, 4.69) is 43.4 Å². The van der Waals surface area contributed by atoms with Crippen molar-refractivity contribution < 1.29 is 0 Å². The lowest BCUT2D eigenvalue weighted by molar-refractivity contribution is 0.327. The molecule has 0 aromatic heterocycles. The van der Waals surface area contributed by atoms with Crippen LogP contribution >= 0.6 is 0 Å². The van der Waals surface area contributed by atoms with Gasteiger partial charge in [0, 0.05) is 6.04 Å². The second-order valence-corrected chi connectivity index (χ2v) is 6.68. The molecule has 0 aliphatic heterocycles. The quantitative estimate of drug-likeness (QED) is 0.747. The minimum atomic E-state index is 0.638. The van der Waals surface area contributed by atoms with Crippen molar-refractivity contribution in [1.82, 2.24) is 5.32 Å². The van der Waals surface area contributed by atoms with E-state index in [1.807, 2.05) is 0 Å². The van der Waals surface area contributed by atoms with Gasteiger partial charge in [0.1, 0.15) is 0 Å². The number of hydrogen-bond acceptors (Lipinski definition) is 1. The molecule has 1 N–H and O–H groups in total. The second kappa shape index (κ2) is 8.46. The molecule has 1 aliphatic rings. The van der Waals surface area contributed by atoms with Crippen molar-refractivity contribution in [2.24, 2.45) is 5.92 Å². The topological polar surface area (TPSA) is 12.0 Å². The smallest absolute Gasteiger partial charge is 0.00418 e. The standard InChI is InChI=1S/C19H31N/c1-16-7-6-10-19(15-16)12-11-17(2)20-14-13-18-8-4-3-5-9-18/h6-7,10,15,17-18,20H,3-5,8-9,11-14H2,1-2H3. The highest BCUT2D eigenvalue weighted by Crippen LogP contribution is 2.25. The van der Waals surface area contributed by atoms with Crippen molar-refractivity contribution in [2.45, 2.75) is 71.3 Å². The highest BCUT2D eigenvalue weighted by Gasteiger charge is 2.13. The largest absolute Gasteiger partial charge is 0.314 e. The molecular weight excluding hydrogens is 242 g/mol. The average molecular weight is 273 g/mol. The second-order valence-electron chi connectivity index (χ2n) is 6.68. The summed E-state index contributed by atoms with van der Waals surface area (Å²) < 4.78 is 0. The summed E-state index contributed by atoms with van der Waals surface area (Å²) in [6, 6.07) is 9.55. The molecule has 0 amide bonds. The maximum atomic E-state index is 3.71. The van der Waals surface area contributed by atoms with Gasteiger partial charge in [0.25, 0.3) is 0 Å². The third-order valence-electron chi connectivity index (χ3n) is 4.72. The molecule has 1 aromatic rings. The van der Waals surface area contributed by atoms with Crippen molar-refractivity contribution in [2.75, 3.05) is 6.54 Å². The molecule has 1 aromatic carbocycles. The van der Waals surface area contributed by atoms with Gasteiger partial charge in [0.05, 0.1) is 0 Å². The predicted octanol–water partition coefficient (Wildman–Crippen LogP) is 4.88. The fraction of sp³-hybridized carbons (Fsp3) is 0.684. The number of rotatable bonds is 7. The zero-order valence-electron chi connectivity index (χ0n) is 13.3. The van der Waals surface area contributed by atoms with Crippen molar-refractivity contribution in [3.8, 4) is 0 Å². The average Bonchev–Trinajstić information content (AvgIpc) is 2.46. The van der Waals surface area contributed by atoms with Crippen LogP contribution in [0.1, 0.15) is 63.0 Å². The third kappa shape index (κ3) is 5.66. The van der Waals surface area contributed by atoms with Gasteiger partial charge in [-0.25, -0.2) is 0 Å². The van der Waals surface area contributed by atoms with Crippen LogP contribution in [-0.2, 0) is 6.42 Å². The van der Waals surface area contributed by atoms with Crippen LogP contribution < -0.4 is 5.32 Å². The van der Waals surface area contributed by atoms with Crippen LogP contribution in [0.2, 0.25) is 0 Å². The van der Waals surface area contributed by atoms with Gasteiger partial charge in [-0.15, -0.1) is 0 Å². The molecular formula is C19H31N. The van der Waals surface area contributed by atoms with Gasteiger partial charge >= 0.3 is 0 Å². The minimum absolute atomic E-state index is 0.638. The number of benzene rings is 1. The van der Waals surface area contributed by atoms with Crippen LogP contribution in [0.3, 0.4) is 0 Å². The van der Waals surface area contributed by atoms with Crippen molar-refractivity contribution in [1.29, 1.82) is 0 Å². The summed E-state index contributed by atoms with van der Waals surface area (Å²) in [6.45, 7) is 5.71. The Morgan fingerprint density at radius 2 is 2.00 bits per heavy atom. The van der Waals surface area contributed by atoms with Crippen LogP contribution in [-0.4, -0.2) is 12.6 Å². The molecule has 112 valence electrons. The van der Waals surface area contributed by atoms with E-state index in [-0.39, 0.29) is 0 Å². The molecule has 1 unspecified atom stereocenters. The minimum Gasteiger partial charge on any atom is -0.314 e. The molecule has 1 heteroatoms. The molecule has 2 rings (SSSR count). The van der Waals surface area contributed by atoms with Crippen LogP contribution in [0.4, 0.5) is 0 Å². The van der Waals surface area contributed by atoms with Crippen LogP contribution in [0.25, 0.3) is 0 Å².